The quantitative estimate of drug-likeness (QED) is 0.322. The molecular formula is C28H31N5O2. The molecule has 0 spiro atoms. The molecule has 180 valence electrons. The number of anilines is 2. The van der Waals surface area contributed by atoms with E-state index in [0.29, 0.717) is 12.1 Å². The fraction of sp³-hybridized carbons (Fsp3) is 0.286. The summed E-state index contributed by atoms with van der Waals surface area (Å²) >= 11 is 0. The Morgan fingerprint density at radius 2 is 1.89 bits per heavy atom. The van der Waals surface area contributed by atoms with Gasteiger partial charge in [0.1, 0.15) is 5.75 Å². The van der Waals surface area contributed by atoms with E-state index in [1.54, 1.807) is 0 Å². The van der Waals surface area contributed by atoms with Gasteiger partial charge < -0.3 is 20.3 Å². The normalized spacial score (nSPS) is 12.5. The first-order valence-electron chi connectivity index (χ1n) is 12.3. The summed E-state index contributed by atoms with van der Waals surface area (Å²) in [6, 6.07) is 20.2. The number of carbonyl (C=O) groups excluding carboxylic acids is 1. The molecule has 0 saturated carbocycles. The maximum atomic E-state index is 12.6. The molecule has 3 aromatic carbocycles. The number of H-pyrrole nitrogens is 1. The van der Waals surface area contributed by atoms with Crippen molar-refractivity contribution in [3.05, 3.63) is 71.8 Å². The summed E-state index contributed by atoms with van der Waals surface area (Å²) in [6.45, 7) is 8.44. The second-order valence-corrected chi connectivity index (χ2v) is 8.74. The molecule has 4 aromatic rings. The molecule has 1 aromatic heterocycles. The third-order valence-electron chi connectivity index (χ3n) is 6.58. The van der Waals surface area contributed by atoms with E-state index in [1.807, 2.05) is 24.3 Å². The van der Waals surface area contributed by atoms with Crippen LogP contribution in [0.5, 0.6) is 5.75 Å². The van der Waals surface area contributed by atoms with Gasteiger partial charge in [0.2, 0.25) is 0 Å². The molecule has 0 aliphatic carbocycles. The molecule has 0 saturated heterocycles. The highest BCUT2D eigenvalue weighted by atomic mass is 16.5. The van der Waals surface area contributed by atoms with Gasteiger partial charge in [0, 0.05) is 36.1 Å². The Morgan fingerprint density at radius 1 is 1.06 bits per heavy atom. The van der Waals surface area contributed by atoms with Crippen LogP contribution in [0.15, 0.2) is 60.7 Å². The lowest BCUT2D eigenvalue weighted by molar-refractivity contribution is 0.0949. The van der Waals surface area contributed by atoms with Gasteiger partial charge in [0.05, 0.1) is 12.1 Å². The van der Waals surface area contributed by atoms with Crippen LogP contribution in [-0.2, 0) is 6.42 Å². The molecule has 0 unspecified atom stereocenters. The second-order valence-electron chi connectivity index (χ2n) is 8.74. The van der Waals surface area contributed by atoms with Crippen molar-refractivity contribution >= 4 is 28.3 Å². The van der Waals surface area contributed by atoms with E-state index in [1.165, 1.54) is 11.1 Å². The first kappa shape index (κ1) is 22.9. The minimum absolute atomic E-state index is 0.0721. The molecule has 0 bridgehead atoms. The fourth-order valence-corrected chi connectivity index (χ4v) is 4.50. The van der Waals surface area contributed by atoms with Crippen molar-refractivity contribution in [3.63, 3.8) is 0 Å². The summed E-state index contributed by atoms with van der Waals surface area (Å²) in [7, 11) is 0. The molecule has 7 heteroatoms. The monoisotopic (exact) mass is 469 g/mol. The second kappa shape index (κ2) is 10.2. The summed E-state index contributed by atoms with van der Waals surface area (Å²) < 4.78 is 5.63. The summed E-state index contributed by atoms with van der Waals surface area (Å²) in [5, 5.41) is 15.0. The van der Waals surface area contributed by atoms with Crippen molar-refractivity contribution in [3.8, 4) is 16.9 Å². The van der Waals surface area contributed by atoms with E-state index in [4.69, 9.17) is 4.74 Å². The van der Waals surface area contributed by atoms with Crippen molar-refractivity contribution in [1.82, 2.24) is 20.4 Å². The van der Waals surface area contributed by atoms with Crippen molar-refractivity contribution in [2.45, 2.75) is 20.3 Å². The SMILES string of the molecule is CCN(CC)CCNC(=O)c1cccc(Nc2n[nH]c3cc(-c4ccc5c(c4)CCO5)ccc23)c1. The topological polar surface area (TPSA) is 82.3 Å². The molecular weight excluding hydrogens is 438 g/mol. The van der Waals surface area contributed by atoms with E-state index in [2.05, 4.69) is 76.0 Å². The van der Waals surface area contributed by atoms with Crippen LogP contribution < -0.4 is 15.4 Å². The zero-order valence-corrected chi connectivity index (χ0v) is 20.2. The summed E-state index contributed by atoms with van der Waals surface area (Å²) in [4.78, 5) is 14.9. The van der Waals surface area contributed by atoms with Crippen LogP contribution in [0.2, 0.25) is 0 Å². The number of hydrogen-bond acceptors (Lipinski definition) is 5. The number of carbonyl (C=O) groups is 1. The van der Waals surface area contributed by atoms with Gasteiger partial charge in [-0.3, -0.25) is 9.89 Å². The minimum atomic E-state index is -0.0721. The molecule has 2 heterocycles. The van der Waals surface area contributed by atoms with Crippen molar-refractivity contribution in [2.75, 3.05) is 38.1 Å². The van der Waals surface area contributed by atoms with Gasteiger partial charge in [-0.05, 0) is 72.2 Å². The molecule has 0 atom stereocenters. The molecule has 5 rings (SSSR count). The van der Waals surface area contributed by atoms with Crippen molar-refractivity contribution in [1.29, 1.82) is 0 Å². The summed E-state index contributed by atoms with van der Waals surface area (Å²) in [5.41, 5.74) is 5.94. The zero-order chi connectivity index (χ0) is 24.2. The van der Waals surface area contributed by atoms with Crippen LogP contribution in [-0.4, -0.2) is 53.8 Å². The Morgan fingerprint density at radius 3 is 2.74 bits per heavy atom. The van der Waals surface area contributed by atoms with E-state index in [9.17, 15) is 4.79 Å². The Labute approximate surface area is 205 Å². The first-order chi connectivity index (χ1) is 17.1. The number of ether oxygens (including phenoxy) is 1. The highest BCUT2D eigenvalue weighted by molar-refractivity contribution is 5.97. The number of fused-ring (bicyclic) bond motifs is 2. The molecule has 1 aliphatic rings. The lowest BCUT2D eigenvalue weighted by Gasteiger charge is -2.18. The van der Waals surface area contributed by atoms with Crippen LogP contribution >= 0.6 is 0 Å². The average Bonchev–Trinajstić information content (AvgIpc) is 3.53. The fourth-order valence-electron chi connectivity index (χ4n) is 4.50. The summed E-state index contributed by atoms with van der Waals surface area (Å²) in [5.74, 6) is 1.65. The van der Waals surface area contributed by atoms with Crippen LogP contribution in [0.1, 0.15) is 29.8 Å². The smallest absolute Gasteiger partial charge is 0.251 e. The predicted molar refractivity (Wildman–Crippen MR) is 141 cm³/mol. The van der Waals surface area contributed by atoms with Crippen molar-refractivity contribution < 1.29 is 9.53 Å². The minimum Gasteiger partial charge on any atom is -0.493 e. The molecule has 0 radical (unpaired) electrons. The number of hydrogen-bond donors (Lipinski definition) is 3. The number of likely N-dealkylation sites (N-methyl/N-ethyl adjacent to an activating group) is 1. The number of nitrogens with one attached hydrogen (secondary N) is 3. The summed E-state index contributed by atoms with van der Waals surface area (Å²) in [6.07, 6.45) is 0.955. The van der Waals surface area contributed by atoms with Gasteiger partial charge >= 0.3 is 0 Å². The Balaban J connectivity index is 1.29. The number of benzene rings is 3. The van der Waals surface area contributed by atoms with Gasteiger partial charge in [-0.25, -0.2) is 0 Å². The van der Waals surface area contributed by atoms with E-state index in [-0.39, 0.29) is 5.91 Å². The van der Waals surface area contributed by atoms with E-state index >= 15 is 0 Å². The maximum Gasteiger partial charge on any atom is 0.251 e. The Bertz CT molecular complexity index is 1340. The van der Waals surface area contributed by atoms with Gasteiger partial charge in [-0.1, -0.05) is 32.0 Å². The van der Waals surface area contributed by atoms with Crippen LogP contribution in [0.4, 0.5) is 11.5 Å². The zero-order valence-electron chi connectivity index (χ0n) is 20.2. The third kappa shape index (κ3) is 5.00. The van der Waals surface area contributed by atoms with E-state index in [0.717, 1.165) is 66.4 Å². The number of aromatic nitrogens is 2. The van der Waals surface area contributed by atoms with Crippen LogP contribution in [0.3, 0.4) is 0 Å². The van der Waals surface area contributed by atoms with E-state index < -0.39 is 0 Å². The number of amides is 1. The highest BCUT2D eigenvalue weighted by Crippen LogP contribution is 2.33. The van der Waals surface area contributed by atoms with Crippen molar-refractivity contribution in [2.24, 2.45) is 0 Å². The lowest BCUT2D eigenvalue weighted by atomic mass is 10.0. The Hall–Kier alpha value is -3.84. The molecule has 1 aliphatic heterocycles. The third-order valence-corrected chi connectivity index (χ3v) is 6.58. The Kier molecular flexibility index (Phi) is 6.68. The van der Waals surface area contributed by atoms with Crippen LogP contribution in [0, 0.1) is 0 Å². The number of aromatic amines is 1. The molecule has 35 heavy (non-hydrogen) atoms. The molecule has 7 nitrogen and oxygen atoms in total. The molecule has 1 amide bonds. The van der Waals surface area contributed by atoms with Crippen LogP contribution in [0.25, 0.3) is 22.0 Å². The van der Waals surface area contributed by atoms with Gasteiger partial charge in [0.25, 0.3) is 5.91 Å². The van der Waals surface area contributed by atoms with Gasteiger partial charge in [-0.15, -0.1) is 0 Å². The average molecular weight is 470 g/mol. The number of nitrogens with zero attached hydrogens (tertiary/aromatic N) is 2. The first-order valence-corrected chi connectivity index (χ1v) is 12.3. The lowest BCUT2D eigenvalue weighted by Crippen LogP contribution is -2.34. The van der Waals surface area contributed by atoms with Gasteiger partial charge in [-0.2, -0.15) is 5.10 Å². The molecule has 3 N–H and O–H groups in total. The number of rotatable bonds is 9. The standard InChI is InChI=1S/C28H31N5O2/c1-3-33(4-2)14-13-29-28(34)22-6-5-7-23(17-22)30-27-24-10-8-20(18-25(24)31-32-27)19-9-11-26-21(16-19)12-15-35-26/h5-11,16-18H,3-4,12-15H2,1-2H3,(H,29,34)(H2,30,31,32). The van der Waals surface area contributed by atoms with Gasteiger partial charge in [0.15, 0.2) is 5.82 Å². The largest absolute Gasteiger partial charge is 0.493 e. The highest BCUT2D eigenvalue weighted by Gasteiger charge is 2.14. The predicted octanol–water partition coefficient (Wildman–Crippen LogP) is 4.98. The maximum absolute atomic E-state index is 12.6. The molecule has 0 fully saturated rings.